The Morgan fingerprint density at radius 1 is 0.933 bits per heavy atom. The number of amides is 2. The first kappa shape index (κ1) is 24.0. The number of rotatable bonds is 11. The molecule has 0 unspecified atom stereocenters. The van der Waals surface area contributed by atoms with Crippen molar-refractivity contribution < 1.29 is 9.59 Å². The molecule has 30 heavy (non-hydrogen) atoms. The van der Waals surface area contributed by atoms with Gasteiger partial charge in [-0.2, -0.15) is 0 Å². The van der Waals surface area contributed by atoms with Gasteiger partial charge < -0.3 is 15.1 Å². The molecule has 162 valence electrons. The largest absolute Gasteiger partial charge is 0.334 e. The van der Waals surface area contributed by atoms with Gasteiger partial charge in [0.15, 0.2) is 5.12 Å². The van der Waals surface area contributed by atoms with Crippen LogP contribution in [0.5, 0.6) is 0 Å². The van der Waals surface area contributed by atoms with E-state index < -0.39 is 0 Å². The zero-order chi connectivity index (χ0) is 21.8. The van der Waals surface area contributed by atoms with E-state index in [1.807, 2.05) is 55.4 Å². The Kier molecular flexibility index (Phi) is 10.5. The van der Waals surface area contributed by atoms with Gasteiger partial charge in [0.2, 0.25) is 0 Å². The molecule has 0 heterocycles. The summed E-state index contributed by atoms with van der Waals surface area (Å²) < 4.78 is 0. The lowest BCUT2D eigenvalue weighted by molar-refractivity contribution is -0.109. The molecule has 2 aromatic carbocycles. The third-order valence-electron chi connectivity index (χ3n) is 4.71. The van der Waals surface area contributed by atoms with Crippen LogP contribution in [0, 0.1) is 0 Å². The zero-order valence-electron chi connectivity index (χ0n) is 18.2. The highest BCUT2D eigenvalue weighted by Crippen LogP contribution is 2.08. The standard InChI is InChI=1S/C24H33N3O2S/c1-20(28)30-17-16-27(15-14-21-10-6-4-7-11-21)24(29)25-23(19-26(2)3)18-22-12-8-5-9-13-22/h4-13,23H,14-19H2,1-3H3,(H,25,29)/t23-/m0/s1. The third kappa shape index (κ3) is 9.46. The number of carbonyl (C=O) groups excluding carboxylic acids is 2. The third-order valence-corrected chi connectivity index (χ3v) is 5.50. The van der Waals surface area contributed by atoms with Gasteiger partial charge in [-0.15, -0.1) is 0 Å². The monoisotopic (exact) mass is 427 g/mol. The molecule has 0 aliphatic rings. The normalized spacial score (nSPS) is 11.9. The van der Waals surface area contributed by atoms with Crippen molar-refractivity contribution in [2.24, 2.45) is 0 Å². The van der Waals surface area contributed by atoms with Gasteiger partial charge in [0.05, 0.1) is 0 Å². The summed E-state index contributed by atoms with van der Waals surface area (Å²) in [7, 11) is 4.03. The predicted molar refractivity (Wildman–Crippen MR) is 126 cm³/mol. The molecule has 0 aliphatic heterocycles. The first-order valence-electron chi connectivity index (χ1n) is 10.4. The zero-order valence-corrected chi connectivity index (χ0v) is 19.0. The summed E-state index contributed by atoms with van der Waals surface area (Å²) in [6.07, 6.45) is 1.56. The Balaban J connectivity index is 2.02. The minimum absolute atomic E-state index is 0.00888. The number of thioether (sulfide) groups is 1. The Labute approximate surface area is 184 Å². The quantitative estimate of drug-likeness (QED) is 0.594. The number of nitrogens with one attached hydrogen (secondary N) is 1. The molecule has 0 aliphatic carbocycles. The van der Waals surface area contributed by atoms with Crippen LogP contribution in [0.2, 0.25) is 0 Å². The maximum atomic E-state index is 13.1. The SMILES string of the molecule is CC(=O)SCCN(CCc1ccccc1)C(=O)N[C@@H](Cc1ccccc1)CN(C)C. The molecule has 1 N–H and O–H groups in total. The lowest BCUT2D eigenvalue weighted by Crippen LogP contribution is -2.50. The van der Waals surface area contributed by atoms with Crippen LogP contribution < -0.4 is 5.32 Å². The van der Waals surface area contributed by atoms with Crippen LogP contribution in [0.3, 0.4) is 0 Å². The Morgan fingerprint density at radius 2 is 1.53 bits per heavy atom. The second-order valence-electron chi connectivity index (χ2n) is 7.66. The topological polar surface area (TPSA) is 52.7 Å². The van der Waals surface area contributed by atoms with Gasteiger partial charge in [0, 0.05) is 38.4 Å². The summed E-state index contributed by atoms with van der Waals surface area (Å²) in [5, 5.41) is 3.30. The summed E-state index contributed by atoms with van der Waals surface area (Å²) in [4.78, 5) is 28.4. The number of urea groups is 1. The molecule has 2 rings (SSSR count). The number of likely N-dealkylation sites (N-methyl/N-ethyl adjacent to an activating group) is 1. The van der Waals surface area contributed by atoms with Gasteiger partial charge in [-0.05, 0) is 38.1 Å². The number of hydrogen-bond donors (Lipinski definition) is 1. The van der Waals surface area contributed by atoms with Crippen LogP contribution in [-0.2, 0) is 17.6 Å². The summed E-state index contributed by atoms with van der Waals surface area (Å²) in [5.41, 5.74) is 2.40. The van der Waals surface area contributed by atoms with Crippen molar-refractivity contribution >= 4 is 22.9 Å². The first-order chi connectivity index (χ1) is 14.4. The molecule has 0 radical (unpaired) electrons. The molecule has 0 aromatic heterocycles. The van der Waals surface area contributed by atoms with Gasteiger partial charge in [-0.25, -0.2) is 4.79 Å². The molecule has 0 fully saturated rings. The summed E-state index contributed by atoms with van der Waals surface area (Å²) in [6, 6.07) is 20.3. The predicted octanol–water partition coefficient (Wildman–Crippen LogP) is 3.69. The van der Waals surface area contributed by atoms with E-state index in [1.165, 1.54) is 22.9 Å². The maximum Gasteiger partial charge on any atom is 0.317 e. The molecule has 0 bridgehead atoms. The smallest absolute Gasteiger partial charge is 0.317 e. The van der Waals surface area contributed by atoms with Crippen LogP contribution in [0.15, 0.2) is 60.7 Å². The van der Waals surface area contributed by atoms with Crippen LogP contribution >= 0.6 is 11.8 Å². The van der Waals surface area contributed by atoms with Crippen molar-refractivity contribution in [3.63, 3.8) is 0 Å². The van der Waals surface area contributed by atoms with E-state index in [-0.39, 0.29) is 17.2 Å². The lowest BCUT2D eigenvalue weighted by Gasteiger charge is -2.28. The second-order valence-corrected chi connectivity index (χ2v) is 8.93. The highest BCUT2D eigenvalue weighted by Gasteiger charge is 2.19. The van der Waals surface area contributed by atoms with E-state index in [1.54, 1.807) is 6.92 Å². The van der Waals surface area contributed by atoms with Crippen molar-refractivity contribution in [2.75, 3.05) is 39.5 Å². The summed E-state index contributed by atoms with van der Waals surface area (Å²) in [5.74, 6) is 0.606. The van der Waals surface area contributed by atoms with E-state index >= 15 is 0 Å². The van der Waals surface area contributed by atoms with E-state index in [9.17, 15) is 9.59 Å². The van der Waals surface area contributed by atoms with Gasteiger partial charge in [0.25, 0.3) is 0 Å². The van der Waals surface area contributed by atoms with Crippen molar-refractivity contribution in [1.82, 2.24) is 15.1 Å². The Morgan fingerprint density at radius 3 is 2.10 bits per heavy atom. The molecule has 0 spiro atoms. The molecule has 6 heteroatoms. The van der Waals surface area contributed by atoms with Crippen molar-refractivity contribution in [3.05, 3.63) is 71.8 Å². The minimum Gasteiger partial charge on any atom is -0.334 e. The number of nitrogens with zero attached hydrogens (tertiary/aromatic N) is 2. The summed E-state index contributed by atoms with van der Waals surface area (Å²) >= 11 is 1.26. The molecule has 2 amide bonds. The maximum absolute atomic E-state index is 13.1. The molecule has 1 atom stereocenters. The van der Waals surface area contributed by atoms with Gasteiger partial charge in [-0.1, -0.05) is 72.4 Å². The first-order valence-corrected chi connectivity index (χ1v) is 11.3. The van der Waals surface area contributed by atoms with Crippen molar-refractivity contribution in [3.8, 4) is 0 Å². The number of carbonyl (C=O) groups is 2. The van der Waals surface area contributed by atoms with E-state index in [0.717, 1.165) is 19.4 Å². The van der Waals surface area contributed by atoms with E-state index in [2.05, 4.69) is 34.5 Å². The fourth-order valence-corrected chi connectivity index (χ4v) is 3.89. The van der Waals surface area contributed by atoms with Crippen LogP contribution in [-0.4, -0.2) is 66.5 Å². The Hall–Kier alpha value is -2.31. The summed E-state index contributed by atoms with van der Waals surface area (Å²) in [6.45, 7) is 3.48. The van der Waals surface area contributed by atoms with Crippen LogP contribution in [0.4, 0.5) is 4.79 Å². The molecule has 2 aromatic rings. The highest BCUT2D eigenvalue weighted by atomic mass is 32.2. The lowest BCUT2D eigenvalue weighted by atomic mass is 10.1. The van der Waals surface area contributed by atoms with Gasteiger partial charge in [0.1, 0.15) is 0 Å². The average molecular weight is 428 g/mol. The second kappa shape index (κ2) is 13.1. The molecule has 0 saturated carbocycles. The minimum atomic E-state index is -0.0714. The molecular formula is C24H33N3O2S. The average Bonchev–Trinajstić information content (AvgIpc) is 2.71. The fourth-order valence-electron chi connectivity index (χ4n) is 3.29. The molecule has 5 nitrogen and oxygen atoms in total. The van der Waals surface area contributed by atoms with Crippen molar-refractivity contribution in [2.45, 2.75) is 25.8 Å². The molecular weight excluding hydrogens is 394 g/mol. The van der Waals surface area contributed by atoms with E-state index in [4.69, 9.17) is 0 Å². The molecule has 0 saturated heterocycles. The van der Waals surface area contributed by atoms with Crippen LogP contribution in [0.25, 0.3) is 0 Å². The van der Waals surface area contributed by atoms with Gasteiger partial charge >= 0.3 is 6.03 Å². The van der Waals surface area contributed by atoms with E-state index in [0.29, 0.717) is 18.8 Å². The number of hydrogen-bond acceptors (Lipinski definition) is 4. The number of benzene rings is 2. The fraction of sp³-hybridized carbons (Fsp3) is 0.417. The Bertz CT molecular complexity index is 769. The van der Waals surface area contributed by atoms with Gasteiger partial charge in [-0.3, -0.25) is 4.79 Å². The van der Waals surface area contributed by atoms with Crippen LogP contribution in [0.1, 0.15) is 18.1 Å². The highest BCUT2D eigenvalue weighted by molar-refractivity contribution is 8.13. The van der Waals surface area contributed by atoms with Crippen molar-refractivity contribution in [1.29, 1.82) is 0 Å².